The molecule has 2 fully saturated rings. The van der Waals surface area contributed by atoms with Crippen LogP contribution >= 0.6 is 0 Å². The van der Waals surface area contributed by atoms with Gasteiger partial charge in [-0.25, -0.2) is 9.59 Å². The minimum Gasteiger partial charge on any atom is -0.480 e. The number of nitrogens with one attached hydrogen (secondary N) is 1. The maximum Gasteiger partial charge on any atom is 0.328 e. The lowest BCUT2D eigenvalue weighted by Gasteiger charge is -2.33. The zero-order chi connectivity index (χ0) is 14.4. The molecule has 2 amide bonds. The monoisotopic (exact) mass is 270 g/mol. The van der Waals surface area contributed by atoms with Crippen molar-refractivity contribution in [3.8, 4) is 0 Å². The van der Waals surface area contributed by atoms with E-state index in [1.54, 1.807) is 0 Å². The first-order valence-electron chi connectivity index (χ1n) is 6.57. The second-order valence-electron chi connectivity index (χ2n) is 6.45. The molecule has 1 saturated carbocycles. The number of carbonyl (C=O) groups is 2. The highest BCUT2D eigenvalue weighted by Gasteiger charge is 2.65. The van der Waals surface area contributed by atoms with Crippen LogP contribution in [-0.4, -0.2) is 53.8 Å². The normalized spacial score (nSPS) is 28.8. The van der Waals surface area contributed by atoms with E-state index in [9.17, 15) is 9.59 Å². The Bertz CT molecular complexity index is 391. The van der Waals surface area contributed by atoms with E-state index in [2.05, 4.69) is 33.0 Å². The number of urea groups is 1. The number of amides is 2. The van der Waals surface area contributed by atoms with E-state index >= 15 is 0 Å². The van der Waals surface area contributed by atoms with E-state index < -0.39 is 12.0 Å². The molecule has 2 N–H and O–H groups in total. The molecule has 0 aromatic rings. The molecule has 0 aromatic heterocycles. The largest absolute Gasteiger partial charge is 0.480 e. The van der Waals surface area contributed by atoms with E-state index in [1.165, 1.54) is 4.90 Å². The third-order valence-electron chi connectivity index (χ3n) is 4.96. The molecule has 0 bridgehead atoms. The van der Waals surface area contributed by atoms with Gasteiger partial charge in [-0.3, -0.25) is 0 Å². The molecule has 1 aliphatic carbocycles. The van der Waals surface area contributed by atoms with Crippen molar-refractivity contribution in [2.75, 3.05) is 19.8 Å². The molecule has 19 heavy (non-hydrogen) atoms. The van der Waals surface area contributed by atoms with Crippen molar-refractivity contribution < 1.29 is 19.4 Å². The van der Waals surface area contributed by atoms with Gasteiger partial charge in [0.15, 0.2) is 6.04 Å². The molecule has 1 heterocycles. The van der Waals surface area contributed by atoms with Gasteiger partial charge in [0.05, 0.1) is 13.2 Å². The first-order chi connectivity index (χ1) is 8.69. The van der Waals surface area contributed by atoms with Gasteiger partial charge in [-0.1, -0.05) is 27.7 Å². The Kier molecular flexibility index (Phi) is 3.24. The SMILES string of the molecule is CC1(C)C(NC(=O)N2CCOCC2C(=O)O)C1(C)C. The molecular weight excluding hydrogens is 248 g/mol. The van der Waals surface area contributed by atoms with Crippen LogP contribution in [0.3, 0.4) is 0 Å². The Morgan fingerprint density at radius 1 is 1.26 bits per heavy atom. The number of morpholine rings is 1. The van der Waals surface area contributed by atoms with E-state index in [1.807, 2.05) is 0 Å². The summed E-state index contributed by atoms with van der Waals surface area (Å²) in [6, 6.07) is -1.12. The van der Waals surface area contributed by atoms with Gasteiger partial charge < -0.3 is 20.1 Å². The highest BCUT2D eigenvalue weighted by molar-refractivity contribution is 5.83. The number of rotatable bonds is 2. The number of nitrogens with zero attached hydrogens (tertiary/aromatic N) is 1. The molecule has 108 valence electrons. The fraction of sp³-hybridized carbons (Fsp3) is 0.846. The summed E-state index contributed by atoms with van der Waals surface area (Å²) in [7, 11) is 0. The van der Waals surface area contributed by atoms with E-state index in [0.717, 1.165) is 0 Å². The summed E-state index contributed by atoms with van der Waals surface area (Å²) in [5.41, 5.74) is 0.0708. The predicted octanol–water partition coefficient (Wildman–Crippen LogP) is 0.916. The average molecular weight is 270 g/mol. The number of ether oxygens (including phenoxy) is 1. The summed E-state index contributed by atoms with van der Waals surface area (Å²) < 4.78 is 5.12. The molecule has 1 unspecified atom stereocenters. The van der Waals surface area contributed by atoms with Crippen LogP contribution in [0.15, 0.2) is 0 Å². The topological polar surface area (TPSA) is 78.9 Å². The Hall–Kier alpha value is -1.30. The number of aliphatic carboxylic acids is 1. The quantitative estimate of drug-likeness (QED) is 0.782. The van der Waals surface area contributed by atoms with Crippen LogP contribution in [0.5, 0.6) is 0 Å². The van der Waals surface area contributed by atoms with Crippen molar-refractivity contribution in [2.24, 2.45) is 10.8 Å². The molecule has 2 aliphatic rings. The first kappa shape index (κ1) is 14.1. The standard InChI is InChI=1S/C13H22N2O4/c1-12(2)10(13(12,3)4)14-11(18)15-5-6-19-7-8(15)9(16)17/h8,10H,5-7H2,1-4H3,(H,14,18)(H,16,17). The van der Waals surface area contributed by atoms with Crippen molar-refractivity contribution >= 4 is 12.0 Å². The second-order valence-corrected chi connectivity index (χ2v) is 6.45. The summed E-state index contributed by atoms with van der Waals surface area (Å²) in [6.07, 6.45) is 0. The van der Waals surface area contributed by atoms with Crippen LogP contribution in [0.1, 0.15) is 27.7 Å². The van der Waals surface area contributed by atoms with E-state index in [-0.39, 0.29) is 29.5 Å². The zero-order valence-corrected chi connectivity index (χ0v) is 11.9. The molecule has 1 saturated heterocycles. The molecule has 1 aliphatic heterocycles. The minimum absolute atomic E-state index is 0.0354. The first-order valence-corrected chi connectivity index (χ1v) is 6.57. The Morgan fingerprint density at radius 2 is 1.84 bits per heavy atom. The lowest BCUT2D eigenvalue weighted by atomic mass is 10.0. The highest BCUT2D eigenvalue weighted by atomic mass is 16.5. The molecule has 0 aromatic carbocycles. The lowest BCUT2D eigenvalue weighted by Crippen LogP contribution is -2.56. The summed E-state index contributed by atoms with van der Waals surface area (Å²) in [4.78, 5) is 24.7. The number of hydrogen-bond acceptors (Lipinski definition) is 3. The molecule has 2 rings (SSSR count). The minimum atomic E-state index is -1.02. The summed E-state index contributed by atoms with van der Waals surface area (Å²) in [6.45, 7) is 9.17. The van der Waals surface area contributed by atoms with Crippen LogP contribution < -0.4 is 5.32 Å². The lowest BCUT2D eigenvalue weighted by molar-refractivity contribution is -0.147. The van der Waals surface area contributed by atoms with Gasteiger partial charge in [0.25, 0.3) is 0 Å². The van der Waals surface area contributed by atoms with E-state index in [0.29, 0.717) is 13.2 Å². The molecule has 0 radical (unpaired) electrons. The van der Waals surface area contributed by atoms with Gasteiger partial charge in [0, 0.05) is 12.6 Å². The summed E-state index contributed by atoms with van der Waals surface area (Å²) in [5, 5.41) is 12.1. The van der Waals surface area contributed by atoms with Crippen LogP contribution in [0.25, 0.3) is 0 Å². The second kappa shape index (κ2) is 4.37. The van der Waals surface area contributed by atoms with Gasteiger partial charge >= 0.3 is 12.0 Å². The van der Waals surface area contributed by atoms with Crippen molar-refractivity contribution in [1.82, 2.24) is 10.2 Å². The maximum atomic E-state index is 12.2. The number of hydrogen-bond donors (Lipinski definition) is 2. The van der Waals surface area contributed by atoms with Gasteiger partial charge in [-0.05, 0) is 10.8 Å². The summed E-state index contributed by atoms with van der Waals surface area (Å²) in [5.74, 6) is -1.02. The number of carboxylic acids is 1. The van der Waals surface area contributed by atoms with Gasteiger partial charge in [0.1, 0.15) is 0 Å². The highest BCUT2D eigenvalue weighted by Crippen LogP contribution is 2.62. The van der Waals surface area contributed by atoms with Gasteiger partial charge in [0.2, 0.25) is 0 Å². The van der Waals surface area contributed by atoms with E-state index in [4.69, 9.17) is 9.84 Å². The molecular formula is C13H22N2O4. The van der Waals surface area contributed by atoms with Crippen molar-refractivity contribution in [1.29, 1.82) is 0 Å². The van der Waals surface area contributed by atoms with Crippen molar-refractivity contribution in [2.45, 2.75) is 39.8 Å². The van der Waals surface area contributed by atoms with Crippen LogP contribution in [0, 0.1) is 10.8 Å². The van der Waals surface area contributed by atoms with Gasteiger partial charge in [-0.2, -0.15) is 0 Å². The van der Waals surface area contributed by atoms with Gasteiger partial charge in [-0.15, -0.1) is 0 Å². The fourth-order valence-corrected chi connectivity index (χ4v) is 2.81. The molecule has 6 nitrogen and oxygen atoms in total. The molecule has 0 spiro atoms. The van der Waals surface area contributed by atoms with Crippen LogP contribution in [-0.2, 0) is 9.53 Å². The number of carbonyl (C=O) groups excluding carboxylic acids is 1. The smallest absolute Gasteiger partial charge is 0.328 e. The third kappa shape index (κ3) is 2.18. The maximum absolute atomic E-state index is 12.2. The van der Waals surface area contributed by atoms with Crippen molar-refractivity contribution in [3.63, 3.8) is 0 Å². The Balaban J connectivity index is 2.02. The average Bonchev–Trinajstić information content (AvgIpc) is 2.71. The van der Waals surface area contributed by atoms with Crippen LogP contribution in [0.4, 0.5) is 4.79 Å². The fourth-order valence-electron chi connectivity index (χ4n) is 2.81. The molecule has 1 atom stereocenters. The van der Waals surface area contributed by atoms with Crippen molar-refractivity contribution in [3.05, 3.63) is 0 Å². The Morgan fingerprint density at radius 3 is 2.32 bits per heavy atom. The van der Waals surface area contributed by atoms with Crippen LogP contribution in [0.2, 0.25) is 0 Å². The third-order valence-corrected chi connectivity index (χ3v) is 4.96. The Labute approximate surface area is 113 Å². The number of carboxylic acid groups (broad SMARTS) is 1. The predicted molar refractivity (Wildman–Crippen MR) is 68.8 cm³/mol. The zero-order valence-electron chi connectivity index (χ0n) is 11.9. The summed E-state index contributed by atoms with van der Waals surface area (Å²) >= 11 is 0. The molecule has 6 heteroatoms.